The van der Waals surface area contributed by atoms with Crippen molar-refractivity contribution in [1.29, 1.82) is 0 Å². The molecule has 2 amide bonds. The Morgan fingerprint density at radius 2 is 1.84 bits per heavy atom. The van der Waals surface area contributed by atoms with Gasteiger partial charge in [-0.2, -0.15) is 10.1 Å². The zero-order valence-corrected chi connectivity index (χ0v) is 22.1. The van der Waals surface area contributed by atoms with Crippen LogP contribution in [0.5, 0.6) is 5.75 Å². The van der Waals surface area contributed by atoms with Crippen LogP contribution in [0, 0.1) is 19.7 Å². The minimum absolute atomic E-state index is 0.0818. The maximum Gasteiger partial charge on any atom is 0.262 e. The minimum Gasteiger partial charge on any atom is -0.497 e. The highest BCUT2D eigenvalue weighted by Gasteiger charge is 2.39. The van der Waals surface area contributed by atoms with Gasteiger partial charge < -0.3 is 10.1 Å². The topological polar surface area (TPSA) is 83.4 Å². The third-order valence-corrected chi connectivity index (χ3v) is 7.69. The van der Waals surface area contributed by atoms with Crippen LogP contribution >= 0.6 is 11.8 Å². The molecule has 2 aliphatic rings. The summed E-state index contributed by atoms with van der Waals surface area (Å²) in [5.41, 5.74) is 4.91. The fourth-order valence-corrected chi connectivity index (χ4v) is 5.41. The fourth-order valence-electron chi connectivity index (χ4n) is 4.35. The Kier molecular flexibility index (Phi) is 7.28. The second kappa shape index (κ2) is 10.8. The summed E-state index contributed by atoms with van der Waals surface area (Å²) in [6.07, 6.45) is 0.550. The van der Waals surface area contributed by atoms with Crippen molar-refractivity contribution in [3.8, 4) is 5.75 Å². The lowest BCUT2D eigenvalue weighted by Crippen LogP contribution is -2.25. The molecule has 5 rings (SSSR count). The monoisotopic (exact) mass is 530 g/mol. The van der Waals surface area contributed by atoms with Gasteiger partial charge in [0.1, 0.15) is 16.8 Å². The summed E-state index contributed by atoms with van der Waals surface area (Å²) in [5, 5.41) is 9.10. The largest absolute Gasteiger partial charge is 0.497 e. The first-order chi connectivity index (χ1) is 18.3. The molecule has 2 aliphatic heterocycles. The van der Waals surface area contributed by atoms with Crippen molar-refractivity contribution >= 4 is 40.1 Å². The number of carbonyl (C=O) groups is 2. The van der Waals surface area contributed by atoms with Crippen LogP contribution in [0.25, 0.3) is 0 Å². The lowest BCUT2D eigenvalue weighted by atomic mass is 9.98. The van der Waals surface area contributed by atoms with Crippen LogP contribution in [0.3, 0.4) is 0 Å². The maximum absolute atomic E-state index is 13.9. The Balaban J connectivity index is 1.34. The van der Waals surface area contributed by atoms with Crippen LogP contribution in [0.15, 0.2) is 76.8 Å². The Morgan fingerprint density at radius 3 is 2.53 bits per heavy atom. The Hall–Kier alpha value is -3.98. The summed E-state index contributed by atoms with van der Waals surface area (Å²) in [4.78, 5) is 29.7. The predicted molar refractivity (Wildman–Crippen MR) is 148 cm³/mol. The van der Waals surface area contributed by atoms with Crippen LogP contribution in [-0.4, -0.2) is 40.1 Å². The van der Waals surface area contributed by atoms with Crippen molar-refractivity contribution in [2.24, 2.45) is 10.1 Å². The Labute approximate surface area is 224 Å². The fraction of sp³-hybridized carbons (Fsp3) is 0.241. The highest BCUT2D eigenvalue weighted by molar-refractivity contribution is 8.15. The van der Waals surface area contributed by atoms with Gasteiger partial charge in [-0.1, -0.05) is 59.8 Å². The number of amides is 2. The molecule has 3 aromatic carbocycles. The van der Waals surface area contributed by atoms with E-state index in [1.807, 2.05) is 55.5 Å². The Bertz CT molecular complexity index is 1440. The molecule has 0 radical (unpaired) electrons. The first-order valence-corrected chi connectivity index (χ1v) is 13.1. The van der Waals surface area contributed by atoms with Gasteiger partial charge in [-0.05, 0) is 54.8 Å². The van der Waals surface area contributed by atoms with Crippen LogP contribution in [0.4, 0.5) is 10.1 Å². The first-order valence-electron chi connectivity index (χ1n) is 12.2. The molecule has 0 aliphatic carbocycles. The van der Waals surface area contributed by atoms with Crippen molar-refractivity contribution in [2.75, 3.05) is 12.4 Å². The van der Waals surface area contributed by atoms with Crippen LogP contribution < -0.4 is 10.1 Å². The number of hydrogen-bond acceptors (Lipinski definition) is 6. The molecule has 0 bridgehead atoms. The number of hydrogen-bond donors (Lipinski definition) is 1. The SMILES string of the molecule is COc1ccc(C2CC(c3ccc(C)cc3)=NN2C2=NC(=O)C(CC(=O)Nc3ccc(C)c(F)c3)S2)cc1. The first kappa shape index (κ1) is 25.7. The van der Waals surface area contributed by atoms with Gasteiger partial charge in [-0.25, -0.2) is 9.40 Å². The number of hydrazone groups is 1. The summed E-state index contributed by atoms with van der Waals surface area (Å²) in [5.74, 6) is -0.420. The summed E-state index contributed by atoms with van der Waals surface area (Å²) in [6.45, 7) is 3.69. The summed E-state index contributed by atoms with van der Waals surface area (Å²) in [7, 11) is 1.62. The number of aryl methyl sites for hydroxylation is 2. The molecule has 9 heteroatoms. The molecule has 0 saturated heterocycles. The maximum atomic E-state index is 13.9. The van der Waals surface area contributed by atoms with E-state index in [1.54, 1.807) is 31.2 Å². The summed E-state index contributed by atoms with van der Waals surface area (Å²) >= 11 is 1.23. The van der Waals surface area contributed by atoms with Crippen molar-refractivity contribution < 1.29 is 18.7 Å². The number of benzene rings is 3. The van der Waals surface area contributed by atoms with E-state index in [-0.39, 0.29) is 24.3 Å². The van der Waals surface area contributed by atoms with Gasteiger partial charge in [0.15, 0.2) is 5.17 Å². The molecule has 194 valence electrons. The number of carbonyl (C=O) groups excluding carboxylic acids is 2. The smallest absolute Gasteiger partial charge is 0.262 e. The third kappa shape index (κ3) is 5.47. The molecular formula is C29H27FN4O3S. The van der Waals surface area contributed by atoms with Crippen molar-refractivity contribution in [3.05, 3.63) is 94.8 Å². The number of nitrogens with one attached hydrogen (secondary N) is 1. The molecule has 7 nitrogen and oxygen atoms in total. The number of anilines is 1. The van der Waals surface area contributed by atoms with Gasteiger partial charge in [-0.15, -0.1) is 0 Å². The Morgan fingerprint density at radius 1 is 1.11 bits per heavy atom. The normalized spacial score (nSPS) is 18.8. The number of halogens is 1. The van der Waals surface area contributed by atoms with Crippen molar-refractivity contribution in [1.82, 2.24) is 5.01 Å². The minimum atomic E-state index is -0.685. The summed E-state index contributed by atoms with van der Waals surface area (Å²) < 4.78 is 19.2. The van der Waals surface area contributed by atoms with E-state index in [4.69, 9.17) is 9.84 Å². The molecule has 2 heterocycles. The molecule has 1 N–H and O–H groups in total. The average Bonchev–Trinajstić information content (AvgIpc) is 3.50. The van der Waals surface area contributed by atoms with E-state index >= 15 is 0 Å². The average molecular weight is 531 g/mol. The van der Waals surface area contributed by atoms with Crippen molar-refractivity contribution in [3.63, 3.8) is 0 Å². The van der Waals surface area contributed by atoms with Crippen LogP contribution in [0.2, 0.25) is 0 Å². The molecule has 2 atom stereocenters. The number of thioether (sulfide) groups is 1. The number of ether oxygens (including phenoxy) is 1. The van der Waals surface area contributed by atoms with Crippen molar-refractivity contribution in [2.45, 2.75) is 38.0 Å². The second-order valence-electron chi connectivity index (χ2n) is 9.31. The van der Waals surface area contributed by atoms with Crippen LogP contribution in [-0.2, 0) is 9.59 Å². The molecule has 0 spiro atoms. The molecule has 0 aromatic heterocycles. The number of aliphatic imine (C=N–C) groups is 1. The highest BCUT2D eigenvalue weighted by Crippen LogP contribution is 2.39. The molecular weight excluding hydrogens is 503 g/mol. The van der Waals surface area contributed by atoms with E-state index < -0.39 is 11.1 Å². The highest BCUT2D eigenvalue weighted by atomic mass is 32.2. The quantitative estimate of drug-likeness (QED) is 0.447. The van der Waals surface area contributed by atoms with E-state index in [0.29, 0.717) is 22.8 Å². The van der Waals surface area contributed by atoms with Crippen LogP contribution in [0.1, 0.15) is 41.1 Å². The molecule has 0 fully saturated rings. The number of nitrogens with zero attached hydrogens (tertiary/aromatic N) is 3. The molecule has 3 aromatic rings. The number of methoxy groups -OCH3 is 1. The standard InChI is InChI=1S/C29H27FN4O3S/c1-17-4-7-19(8-5-17)24-15-25(20-9-12-22(37-3)13-10-20)34(33-24)29-32-28(36)26(38-29)16-27(35)31-21-11-6-18(2)23(30)14-21/h4-14,25-26H,15-16H2,1-3H3,(H,31,35). The van der Waals surface area contributed by atoms with E-state index in [2.05, 4.69) is 10.3 Å². The van der Waals surface area contributed by atoms with Gasteiger partial charge in [0.05, 0.1) is 18.9 Å². The number of amidine groups is 1. The van der Waals surface area contributed by atoms with Gasteiger partial charge in [0.2, 0.25) is 5.91 Å². The van der Waals surface area contributed by atoms with Gasteiger partial charge in [0, 0.05) is 18.5 Å². The molecule has 38 heavy (non-hydrogen) atoms. The lowest BCUT2D eigenvalue weighted by Gasteiger charge is -2.23. The molecule has 2 unspecified atom stereocenters. The third-order valence-electron chi connectivity index (χ3n) is 6.55. The number of rotatable bonds is 6. The van der Waals surface area contributed by atoms with E-state index in [9.17, 15) is 14.0 Å². The van der Waals surface area contributed by atoms with Gasteiger partial charge in [-0.3, -0.25) is 9.59 Å². The summed E-state index contributed by atoms with van der Waals surface area (Å²) in [6, 6.07) is 20.3. The van der Waals surface area contributed by atoms with Gasteiger partial charge >= 0.3 is 0 Å². The van der Waals surface area contributed by atoms with Gasteiger partial charge in [0.25, 0.3) is 5.91 Å². The van der Waals surface area contributed by atoms with E-state index in [1.165, 1.54) is 17.8 Å². The lowest BCUT2D eigenvalue weighted by molar-refractivity contribution is -0.121. The zero-order chi connectivity index (χ0) is 26.8. The van der Waals surface area contributed by atoms with E-state index in [0.717, 1.165) is 28.2 Å². The predicted octanol–water partition coefficient (Wildman–Crippen LogP) is 5.63. The second-order valence-corrected chi connectivity index (χ2v) is 10.5. The zero-order valence-electron chi connectivity index (χ0n) is 21.3. The molecule has 0 saturated carbocycles.